The van der Waals surface area contributed by atoms with Gasteiger partial charge in [0.2, 0.25) is 0 Å². The van der Waals surface area contributed by atoms with E-state index in [0.29, 0.717) is 5.92 Å². The summed E-state index contributed by atoms with van der Waals surface area (Å²) in [6.45, 7) is 18.1. The van der Waals surface area contributed by atoms with E-state index in [9.17, 15) is 0 Å². The van der Waals surface area contributed by atoms with Crippen LogP contribution < -0.4 is 5.32 Å². The standard InChI is InChI=1S/C17H32N2OS/c1-8-10-18-11-13-15(17(5,6)7)19-16(21-13)14(12(3)4)20-9-2/h12,14,18H,8-11H2,1-7H3. The summed E-state index contributed by atoms with van der Waals surface area (Å²) in [5.41, 5.74) is 1.29. The molecular weight excluding hydrogens is 280 g/mol. The first kappa shape index (κ1) is 18.6. The molecule has 0 spiro atoms. The van der Waals surface area contributed by atoms with E-state index in [1.54, 1.807) is 0 Å². The highest BCUT2D eigenvalue weighted by molar-refractivity contribution is 7.11. The Kier molecular flexibility index (Phi) is 7.31. The van der Waals surface area contributed by atoms with Gasteiger partial charge in [-0.25, -0.2) is 4.98 Å². The maximum absolute atomic E-state index is 5.92. The lowest BCUT2D eigenvalue weighted by Gasteiger charge is -2.19. The molecule has 0 fully saturated rings. The van der Waals surface area contributed by atoms with E-state index in [1.165, 1.54) is 10.6 Å². The molecule has 1 N–H and O–H groups in total. The first-order valence-electron chi connectivity index (χ1n) is 8.13. The molecule has 1 atom stereocenters. The second-order valence-corrected chi connectivity index (χ2v) is 7.99. The monoisotopic (exact) mass is 312 g/mol. The molecule has 0 saturated heterocycles. The molecule has 1 unspecified atom stereocenters. The molecule has 1 aromatic heterocycles. The third kappa shape index (κ3) is 5.35. The van der Waals surface area contributed by atoms with Gasteiger partial charge in [0.1, 0.15) is 11.1 Å². The molecule has 3 nitrogen and oxygen atoms in total. The summed E-state index contributed by atoms with van der Waals surface area (Å²) in [6, 6.07) is 0. The van der Waals surface area contributed by atoms with Crippen molar-refractivity contribution < 1.29 is 4.74 Å². The van der Waals surface area contributed by atoms with Gasteiger partial charge in [-0.2, -0.15) is 0 Å². The zero-order valence-corrected chi connectivity index (χ0v) is 15.6. The number of nitrogens with zero attached hydrogens (tertiary/aromatic N) is 1. The van der Waals surface area contributed by atoms with Crippen molar-refractivity contribution in [3.05, 3.63) is 15.6 Å². The van der Waals surface area contributed by atoms with Gasteiger partial charge in [0.15, 0.2) is 0 Å². The van der Waals surface area contributed by atoms with Crippen molar-refractivity contribution in [1.29, 1.82) is 0 Å². The van der Waals surface area contributed by atoms with Gasteiger partial charge in [0.05, 0.1) is 5.69 Å². The summed E-state index contributed by atoms with van der Waals surface area (Å²) in [4.78, 5) is 6.31. The fourth-order valence-corrected chi connectivity index (χ4v) is 3.77. The summed E-state index contributed by atoms with van der Waals surface area (Å²) in [5, 5.41) is 4.64. The molecule has 21 heavy (non-hydrogen) atoms. The Hall–Kier alpha value is -0.450. The van der Waals surface area contributed by atoms with Gasteiger partial charge in [-0.3, -0.25) is 0 Å². The number of ether oxygens (including phenoxy) is 1. The van der Waals surface area contributed by atoms with E-state index in [4.69, 9.17) is 9.72 Å². The van der Waals surface area contributed by atoms with Crippen LogP contribution >= 0.6 is 11.3 Å². The summed E-state index contributed by atoms with van der Waals surface area (Å²) in [7, 11) is 0. The van der Waals surface area contributed by atoms with Crippen molar-refractivity contribution in [2.24, 2.45) is 5.92 Å². The molecule has 0 aromatic carbocycles. The van der Waals surface area contributed by atoms with E-state index >= 15 is 0 Å². The predicted octanol–water partition coefficient (Wildman–Crippen LogP) is 4.67. The second-order valence-electron chi connectivity index (χ2n) is 6.87. The number of hydrogen-bond acceptors (Lipinski definition) is 4. The molecule has 0 saturated carbocycles. The second kappa shape index (κ2) is 8.25. The minimum atomic E-state index is 0.0751. The molecule has 0 radical (unpaired) electrons. The lowest BCUT2D eigenvalue weighted by atomic mass is 9.91. The quantitative estimate of drug-likeness (QED) is 0.708. The average molecular weight is 313 g/mol. The zero-order chi connectivity index (χ0) is 16.0. The highest BCUT2D eigenvalue weighted by atomic mass is 32.1. The highest BCUT2D eigenvalue weighted by Gasteiger charge is 2.27. The van der Waals surface area contributed by atoms with Gasteiger partial charge in [-0.15, -0.1) is 11.3 Å². The number of nitrogens with one attached hydrogen (secondary N) is 1. The van der Waals surface area contributed by atoms with Crippen molar-refractivity contribution in [3.8, 4) is 0 Å². The molecule has 122 valence electrons. The first-order chi connectivity index (χ1) is 9.81. The maximum atomic E-state index is 5.92. The minimum Gasteiger partial charge on any atom is -0.371 e. The normalized spacial score (nSPS) is 13.9. The summed E-state index contributed by atoms with van der Waals surface area (Å²) < 4.78 is 5.92. The van der Waals surface area contributed by atoms with Crippen molar-refractivity contribution in [3.63, 3.8) is 0 Å². The number of thiazole rings is 1. The topological polar surface area (TPSA) is 34.1 Å². The van der Waals surface area contributed by atoms with Crippen molar-refractivity contribution in [1.82, 2.24) is 10.3 Å². The van der Waals surface area contributed by atoms with Gasteiger partial charge >= 0.3 is 0 Å². The summed E-state index contributed by atoms with van der Waals surface area (Å²) in [6.07, 6.45) is 1.27. The van der Waals surface area contributed by atoms with E-state index in [-0.39, 0.29) is 11.5 Å². The maximum Gasteiger partial charge on any atom is 0.122 e. The lowest BCUT2D eigenvalue weighted by Crippen LogP contribution is -2.19. The Labute approximate surface area is 134 Å². The SMILES string of the molecule is CCCNCc1sc(C(OCC)C(C)C)nc1C(C)(C)C. The lowest BCUT2D eigenvalue weighted by molar-refractivity contribution is 0.0291. The molecule has 0 amide bonds. The summed E-state index contributed by atoms with van der Waals surface area (Å²) in [5.74, 6) is 0.445. The van der Waals surface area contributed by atoms with Crippen molar-refractivity contribution >= 4 is 11.3 Å². The fourth-order valence-electron chi connectivity index (χ4n) is 2.30. The molecular formula is C17H32N2OS. The molecule has 1 aromatic rings. The Morgan fingerprint density at radius 3 is 2.38 bits per heavy atom. The molecule has 1 heterocycles. The molecule has 0 aliphatic carbocycles. The van der Waals surface area contributed by atoms with Crippen LogP contribution in [-0.2, 0) is 16.7 Å². The van der Waals surface area contributed by atoms with Gasteiger partial charge in [0.25, 0.3) is 0 Å². The Morgan fingerprint density at radius 2 is 1.90 bits per heavy atom. The predicted molar refractivity (Wildman–Crippen MR) is 92.0 cm³/mol. The van der Waals surface area contributed by atoms with Gasteiger partial charge in [-0.1, -0.05) is 41.5 Å². The minimum absolute atomic E-state index is 0.0751. The summed E-state index contributed by atoms with van der Waals surface area (Å²) >= 11 is 1.81. The van der Waals surface area contributed by atoms with Crippen LogP contribution in [-0.4, -0.2) is 18.1 Å². The van der Waals surface area contributed by atoms with Gasteiger partial charge in [-0.05, 0) is 25.8 Å². The van der Waals surface area contributed by atoms with Crippen molar-refractivity contribution in [2.45, 2.75) is 73.0 Å². The molecule has 0 bridgehead atoms. The molecule has 0 aliphatic heterocycles. The van der Waals surface area contributed by atoms with Crippen LogP contribution in [0.5, 0.6) is 0 Å². The third-order valence-corrected chi connectivity index (χ3v) is 4.45. The molecule has 1 rings (SSSR count). The Bertz CT molecular complexity index is 421. The van der Waals surface area contributed by atoms with E-state index in [1.807, 2.05) is 11.3 Å². The van der Waals surface area contributed by atoms with Crippen LogP contribution in [0.2, 0.25) is 0 Å². The van der Waals surface area contributed by atoms with Crippen LogP contribution in [0.3, 0.4) is 0 Å². The smallest absolute Gasteiger partial charge is 0.122 e. The largest absolute Gasteiger partial charge is 0.371 e. The third-order valence-electron chi connectivity index (χ3n) is 3.33. The number of aromatic nitrogens is 1. The first-order valence-corrected chi connectivity index (χ1v) is 8.95. The van der Waals surface area contributed by atoms with Crippen LogP contribution in [0.1, 0.15) is 76.6 Å². The zero-order valence-electron chi connectivity index (χ0n) is 14.7. The van der Waals surface area contributed by atoms with Crippen LogP contribution in [0.25, 0.3) is 0 Å². The molecule has 0 aliphatic rings. The van der Waals surface area contributed by atoms with Crippen molar-refractivity contribution in [2.75, 3.05) is 13.2 Å². The van der Waals surface area contributed by atoms with E-state index in [0.717, 1.165) is 31.1 Å². The van der Waals surface area contributed by atoms with Crippen LogP contribution in [0.4, 0.5) is 0 Å². The number of rotatable bonds is 8. The number of hydrogen-bond donors (Lipinski definition) is 1. The molecule has 4 heteroatoms. The fraction of sp³-hybridized carbons (Fsp3) is 0.824. The Balaban J connectivity index is 3.06. The highest BCUT2D eigenvalue weighted by Crippen LogP contribution is 2.35. The van der Waals surface area contributed by atoms with Gasteiger partial charge in [0, 0.05) is 23.4 Å². The Morgan fingerprint density at radius 1 is 1.24 bits per heavy atom. The van der Waals surface area contributed by atoms with Gasteiger partial charge < -0.3 is 10.1 Å². The van der Waals surface area contributed by atoms with Crippen LogP contribution in [0, 0.1) is 5.92 Å². The average Bonchev–Trinajstić information content (AvgIpc) is 2.79. The van der Waals surface area contributed by atoms with Crippen LogP contribution in [0.15, 0.2) is 0 Å². The van der Waals surface area contributed by atoms with E-state index in [2.05, 4.69) is 53.8 Å². The van der Waals surface area contributed by atoms with E-state index < -0.39 is 0 Å².